The number of hydrogen-bond donors (Lipinski definition) is 0. The number of carbonyl (C=O) groups is 1. The van der Waals surface area contributed by atoms with Gasteiger partial charge in [0.05, 0.1) is 17.3 Å². The van der Waals surface area contributed by atoms with Crippen LogP contribution < -0.4 is 0 Å². The van der Waals surface area contributed by atoms with Crippen molar-refractivity contribution in [1.29, 1.82) is 0 Å². The summed E-state index contributed by atoms with van der Waals surface area (Å²) in [6, 6.07) is 13.2. The molecule has 0 spiro atoms. The first-order chi connectivity index (χ1) is 11.2. The number of furan rings is 1. The van der Waals surface area contributed by atoms with Gasteiger partial charge in [0.1, 0.15) is 5.69 Å². The van der Waals surface area contributed by atoms with Gasteiger partial charge >= 0.3 is 0 Å². The third kappa shape index (κ3) is 3.11. The lowest BCUT2D eigenvalue weighted by molar-refractivity contribution is 0.0795. The summed E-state index contributed by atoms with van der Waals surface area (Å²) >= 11 is 0. The molecule has 0 radical (unpaired) electrons. The molecule has 0 aliphatic carbocycles. The van der Waals surface area contributed by atoms with E-state index in [0.717, 1.165) is 30.3 Å². The Kier molecular flexibility index (Phi) is 4.42. The van der Waals surface area contributed by atoms with E-state index in [1.165, 1.54) is 0 Å². The van der Waals surface area contributed by atoms with E-state index in [9.17, 15) is 4.79 Å². The Bertz CT molecular complexity index is 809. The summed E-state index contributed by atoms with van der Waals surface area (Å²) in [5.74, 6) is 0.686. The van der Waals surface area contributed by atoms with Crippen molar-refractivity contribution < 1.29 is 9.21 Å². The Labute approximate surface area is 135 Å². The number of pyridine rings is 1. The van der Waals surface area contributed by atoms with Crippen molar-refractivity contribution in [3.05, 3.63) is 54.3 Å². The fraction of sp³-hybridized carbons (Fsp3) is 0.263. The van der Waals surface area contributed by atoms with Gasteiger partial charge in [-0.2, -0.15) is 0 Å². The molecule has 118 valence electrons. The normalized spacial score (nSPS) is 10.9. The van der Waals surface area contributed by atoms with Crippen LogP contribution in [0, 0.1) is 0 Å². The van der Waals surface area contributed by atoms with E-state index in [1.54, 1.807) is 11.2 Å². The van der Waals surface area contributed by atoms with Gasteiger partial charge in [-0.25, -0.2) is 4.98 Å². The number of aromatic nitrogens is 1. The molecule has 23 heavy (non-hydrogen) atoms. The number of carbonyl (C=O) groups excluding carboxylic acids is 1. The number of unbranched alkanes of at least 4 members (excludes halogenated alkanes) is 1. The van der Waals surface area contributed by atoms with E-state index >= 15 is 0 Å². The van der Waals surface area contributed by atoms with Gasteiger partial charge in [0.2, 0.25) is 0 Å². The first-order valence-corrected chi connectivity index (χ1v) is 7.90. The van der Waals surface area contributed by atoms with Crippen LogP contribution in [0.5, 0.6) is 0 Å². The summed E-state index contributed by atoms with van der Waals surface area (Å²) in [7, 11) is 1.85. The predicted octanol–water partition coefficient (Wildman–Crippen LogP) is 4.37. The molecule has 0 unspecified atom stereocenters. The summed E-state index contributed by atoms with van der Waals surface area (Å²) in [5.41, 5.74) is 2.15. The van der Waals surface area contributed by atoms with Crippen LogP contribution in [0.25, 0.3) is 22.4 Å². The Morgan fingerprint density at radius 3 is 2.78 bits per heavy atom. The van der Waals surface area contributed by atoms with Crippen LogP contribution in [0.15, 0.2) is 53.1 Å². The lowest BCUT2D eigenvalue weighted by Gasteiger charge is -2.18. The van der Waals surface area contributed by atoms with E-state index in [4.69, 9.17) is 4.42 Å². The minimum Gasteiger partial charge on any atom is -0.463 e. The van der Waals surface area contributed by atoms with Gasteiger partial charge in [-0.1, -0.05) is 31.5 Å². The van der Waals surface area contributed by atoms with Gasteiger partial charge in [-0.3, -0.25) is 4.79 Å². The van der Waals surface area contributed by atoms with Gasteiger partial charge in [0.25, 0.3) is 5.91 Å². The standard InChI is InChI=1S/C19H20N2O2/c1-3-4-11-21(2)19(22)15-13-17(18-10-7-12-23-18)20-16-9-6-5-8-14(15)16/h5-10,12-13H,3-4,11H2,1-2H3. The van der Waals surface area contributed by atoms with Crippen molar-refractivity contribution in [1.82, 2.24) is 9.88 Å². The van der Waals surface area contributed by atoms with Gasteiger partial charge in [0.15, 0.2) is 5.76 Å². The Morgan fingerprint density at radius 1 is 1.22 bits per heavy atom. The zero-order chi connectivity index (χ0) is 16.2. The molecule has 2 aromatic heterocycles. The molecule has 3 rings (SSSR count). The highest BCUT2D eigenvalue weighted by Crippen LogP contribution is 2.26. The topological polar surface area (TPSA) is 46.3 Å². The number of benzene rings is 1. The molecule has 0 saturated carbocycles. The van der Waals surface area contributed by atoms with E-state index in [0.29, 0.717) is 17.0 Å². The average Bonchev–Trinajstić information content (AvgIpc) is 3.12. The SMILES string of the molecule is CCCCN(C)C(=O)c1cc(-c2ccco2)nc2ccccc12. The molecule has 0 fully saturated rings. The third-order valence-electron chi connectivity index (χ3n) is 3.91. The summed E-state index contributed by atoms with van der Waals surface area (Å²) in [6.07, 6.45) is 3.67. The summed E-state index contributed by atoms with van der Waals surface area (Å²) in [5, 5.41) is 0.871. The van der Waals surface area contributed by atoms with E-state index < -0.39 is 0 Å². The number of hydrogen-bond acceptors (Lipinski definition) is 3. The van der Waals surface area contributed by atoms with Gasteiger partial charge in [-0.15, -0.1) is 0 Å². The molecule has 0 aliphatic heterocycles. The molecular formula is C19H20N2O2. The van der Waals surface area contributed by atoms with Gasteiger partial charge in [-0.05, 0) is 30.7 Å². The lowest BCUT2D eigenvalue weighted by Crippen LogP contribution is -2.28. The molecule has 1 amide bonds. The maximum absolute atomic E-state index is 12.9. The van der Waals surface area contributed by atoms with Crippen LogP contribution >= 0.6 is 0 Å². The molecule has 0 bridgehead atoms. The smallest absolute Gasteiger partial charge is 0.254 e. The van der Waals surface area contributed by atoms with Crippen LogP contribution in [0.3, 0.4) is 0 Å². The van der Waals surface area contributed by atoms with Gasteiger partial charge in [0, 0.05) is 19.0 Å². The molecular weight excluding hydrogens is 288 g/mol. The fourth-order valence-electron chi connectivity index (χ4n) is 2.61. The van der Waals surface area contributed by atoms with Crippen LogP contribution in [0.1, 0.15) is 30.1 Å². The molecule has 0 saturated heterocycles. The van der Waals surface area contributed by atoms with Crippen molar-refractivity contribution in [2.45, 2.75) is 19.8 Å². The Hall–Kier alpha value is -2.62. The van der Waals surface area contributed by atoms with Crippen LogP contribution in [-0.4, -0.2) is 29.4 Å². The minimum atomic E-state index is 0.0184. The quantitative estimate of drug-likeness (QED) is 0.703. The highest BCUT2D eigenvalue weighted by atomic mass is 16.3. The maximum Gasteiger partial charge on any atom is 0.254 e. The van der Waals surface area contributed by atoms with Crippen LogP contribution in [0.4, 0.5) is 0 Å². The third-order valence-corrected chi connectivity index (χ3v) is 3.91. The molecule has 0 N–H and O–H groups in total. The second kappa shape index (κ2) is 6.65. The van der Waals surface area contributed by atoms with Crippen molar-refractivity contribution >= 4 is 16.8 Å². The van der Waals surface area contributed by atoms with Crippen LogP contribution in [0.2, 0.25) is 0 Å². The average molecular weight is 308 g/mol. The first-order valence-electron chi connectivity index (χ1n) is 7.90. The highest BCUT2D eigenvalue weighted by Gasteiger charge is 2.17. The Morgan fingerprint density at radius 2 is 2.04 bits per heavy atom. The fourth-order valence-corrected chi connectivity index (χ4v) is 2.61. The lowest BCUT2D eigenvalue weighted by atomic mass is 10.1. The number of fused-ring (bicyclic) bond motifs is 1. The maximum atomic E-state index is 12.9. The summed E-state index contributed by atoms with van der Waals surface area (Å²) in [4.78, 5) is 19.2. The van der Waals surface area contributed by atoms with Crippen molar-refractivity contribution in [2.24, 2.45) is 0 Å². The van der Waals surface area contributed by atoms with E-state index in [-0.39, 0.29) is 5.91 Å². The van der Waals surface area contributed by atoms with Gasteiger partial charge < -0.3 is 9.32 Å². The molecule has 0 aliphatic rings. The van der Waals surface area contributed by atoms with Crippen molar-refractivity contribution in [3.8, 4) is 11.5 Å². The minimum absolute atomic E-state index is 0.0184. The molecule has 4 nitrogen and oxygen atoms in total. The summed E-state index contributed by atoms with van der Waals surface area (Å²) in [6.45, 7) is 2.87. The van der Waals surface area contributed by atoms with Crippen LogP contribution in [-0.2, 0) is 0 Å². The molecule has 3 aromatic rings. The van der Waals surface area contributed by atoms with Crippen molar-refractivity contribution in [2.75, 3.05) is 13.6 Å². The molecule has 4 heteroatoms. The zero-order valence-electron chi connectivity index (χ0n) is 13.5. The molecule has 2 heterocycles. The molecule has 1 aromatic carbocycles. The van der Waals surface area contributed by atoms with Crippen molar-refractivity contribution in [3.63, 3.8) is 0 Å². The largest absolute Gasteiger partial charge is 0.463 e. The Balaban J connectivity index is 2.09. The molecule has 0 atom stereocenters. The summed E-state index contributed by atoms with van der Waals surface area (Å²) < 4.78 is 5.44. The number of para-hydroxylation sites is 1. The van der Waals surface area contributed by atoms with E-state index in [1.807, 2.05) is 49.5 Å². The zero-order valence-corrected chi connectivity index (χ0v) is 13.5. The second-order valence-corrected chi connectivity index (χ2v) is 5.63. The second-order valence-electron chi connectivity index (χ2n) is 5.63. The number of rotatable bonds is 5. The number of nitrogens with zero attached hydrogens (tertiary/aromatic N) is 2. The number of amides is 1. The van der Waals surface area contributed by atoms with E-state index in [2.05, 4.69) is 11.9 Å². The first kappa shape index (κ1) is 15.3. The monoisotopic (exact) mass is 308 g/mol. The highest BCUT2D eigenvalue weighted by molar-refractivity contribution is 6.07. The predicted molar refractivity (Wildman–Crippen MR) is 91.3 cm³/mol.